The first-order chi connectivity index (χ1) is 16.6. The lowest BCUT2D eigenvalue weighted by Crippen LogP contribution is -2.25. The van der Waals surface area contributed by atoms with Gasteiger partial charge in [0.05, 0.1) is 27.2 Å². The molecule has 0 aliphatic carbocycles. The molecule has 9 heteroatoms. The first-order valence-electron chi connectivity index (χ1n) is 10.7. The van der Waals surface area contributed by atoms with Crippen LogP contribution in [0.25, 0.3) is 15.2 Å². The van der Waals surface area contributed by atoms with Crippen molar-refractivity contribution in [2.75, 3.05) is 11.1 Å². The van der Waals surface area contributed by atoms with Crippen LogP contribution in [0.4, 0.5) is 5.69 Å². The standard InChI is InChI=1S/C25H21N5O2S2/c1-16-10-12-17(13-11-16)14-26-23(32)18-6-2-3-7-19(18)27-22(31)15-33-24-28-29-25-30(24)20-8-4-5-9-21(20)34-25/h2-13H,14-15H2,1H3,(H,26,32)(H,27,31). The van der Waals surface area contributed by atoms with Crippen LogP contribution in [-0.2, 0) is 11.3 Å². The van der Waals surface area contributed by atoms with Crippen LogP contribution in [0, 0.1) is 6.92 Å². The summed E-state index contributed by atoms with van der Waals surface area (Å²) in [6.45, 7) is 2.43. The average molecular weight is 488 g/mol. The van der Waals surface area contributed by atoms with Gasteiger partial charge in [-0.2, -0.15) is 0 Å². The highest BCUT2D eigenvalue weighted by atomic mass is 32.2. The summed E-state index contributed by atoms with van der Waals surface area (Å²) in [6.07, 6.45) is 0. The summed E-state index contributed by atoms with van der Waals surface area (Å²) in [5, 5.41) is 14.9. The van der Waals surface area contributed by atoms with Gasteiger partial charge in [-0.15, -0.1) is 10.2 Å². The predicted molar refractivity (Wildman–Crippen MR) is 137 cm³/mol. The van der Waals surface area contributed by atoms with Crippen LogP contribution in [0.1, 0.15) is 21.5 Å². The molecule has 2 heterocycles. The maximum Gasteiger partial charge on any atom is 0.253 e. The fourth-order valence-electron chi connectivity index (χ4n) is 3.54. The van der Waals surface area contributed by atoms with E-state index in [-0.39, 0.29) is 17.6 Å². The summed E-state index contributed by atoms with van der Waals surface area (Å²) in [4.78, 5) is 26.3. The number of thioether (sulfide) groups is 1. The van der Waals surface area contributed by atoms with E-state index in [4.69, 9.17) is 0 Å². The molecule has 3 aromatic carbocycles. The Balaban J connectivity index is 1.24. The van der Waals surface area contributed by atoms with Crippen molar-refractivity contribution >= 4 is 55.8 Å². The normalized spacial score (nSPS) is 11.1. The number of hydrogen-bond acceptors (Lipinski definition) is 6. The Kier molecular flexibility index (Phi) is 6.29. The molecule has 0 fully saturated rings. The Morgan fingerprint density at radius 1 is 0.971 bits per heavy atom. The van der Waals surface area contributed by atoms with Gasteiger partial charge in [0.25, 0.3) is 5.91 Å². The maximum atomic E-state index is 12.8. The Morgan fingerprint density at radius 2 is 1.74 bits per heavy atom. The number of aryl methyl sites for hydroxylation is 1. The Bertz CT molecular complexity index is 1490. The van der Waals surface area contributed by atoms with Crippen molar-refractivity contribution in [2.24, 2.45) is 0 Å². The minimum Gasteiger partial charge on any atom is -0.348 e. The van der Waals surface area contributed by atoms with Crippen molar-refractivity contribution < 1.29 is 9.59 Å². The SMILES string of the molecule is Cc1ccc(CNC(=O)c2ccccc2NC(=O)CSc2nnc3sc4ccccc4n23)cc1. The van der Waals surface area contributed by atoms with Crippen LogP contribution in [0.5, 0.6) is 0 Å². The van der Waals surface area contributed by atoms with Gasteiger partial charge in [-0.1, -0.05) is 77.2 Å². The summed E-state index contributed by atoms with van der Waals surface area (Å²) >= 11 is 2.87. The van der Waals surface area contributed by atoms with Gasteiger partial charge >= 0.3 is 0 Å². The van der Waals surface area contributed by atoms with Crippen molar-refractivity contribution in [3.05, 3.63) is 89.5 Å². The van der Waals surface area contributed by atoms with Gasteiger partial charge in [0, 0.05) is 6.54 Å². The molecular weight excluding hydrogens is 466 g/mol. The Hall–Kier alpha value is -3.69. The van der Waals surface area contributed by atoms with E-state index in [9.17, 15) is 9.59 Å². The number of fused-ring (bicyclic) bond motifs is 3. The molecule has 0 saturated carbocycles. The van der Waals surface area contributed by atoms with E-state index in [2.05, 4.69) is 20.8 Å². The van der Waals surface area contributed by atoms with E-state index in [0.29, 0.717) is 23.0 Å². The molecule has 5 aromatic rings. The quantitative estimate of drug-likeness (QED) is 0.318. The molecule has 0 saturated heterocycles. The lowest BCUT2D eigenvalue weighted by Gasteiger charge is -2.11. The summed E-state index contributed by atoms with van der Waals surface area (Å²) in [7, 11) is 0. The fourth-order valence-corrected chi connectivity index (χ4v) is 5.31. The van der Waals surface area contributed by atoms with Crippen molar-refractivity contribution in [3.8, 4) is 0 Å². The largest absolute Gasteiger partial charge is 0.348 e. The number of aromatic nitrogens is 3. The van der Waals surface area contributed by atoms with Gasteiger partial charge in [-0.3, -0.25) is 14.0 Å². The molecule has 7 nitrogen and oxygen atoms in total. The van der Waals surface area contributed by atoms with E-state index < -0.39 is 0 Å². The lowest BCUT2D eigenvalue weighted by molar-refractivity contribution is -0.113. The van der Waals surface area contributed by atoms with Gasteiger partial charge in [-0.05, 0) is 36.8 Å². The minimum atomic E-state index is -0.243. The number of nitrogens with zero attached hydrogens (tertiary/aromatic N) is 3. The van der Waals surface area contributed by atoms with E-state index in [1.807, 2.05) is 59.9 Å². The summed E-state index contributed by atoms with van der Waals surface area (Å²) < 4.78 is 3.08. The fraction of sp³-hybridized carbons (Fsp3) is 0.120. The van der Waals surface area contributed by atoms with Crippen LogP contribution in [-0.4, -0.2) is 32.2 Å². The number of rotatable bonds is 7. The number of carbonyl (C=O) groups excluding carboxylic acids is 2. The second-order valence-corrected chi connectivity index (χ2v) is 9.67. The second kappa shape index (κ2) is 9.66. The molecule has 2 aromatic heterocycles. The molecule has 0 spiro atoms. The van der Waals surface area contributed by atoms with Gasteiger partial charge in [0.2, 0.25) is 10.9 Å². The number of benzene rings is 3. The average Bonchev–Trinajstić information content (AvgIpc) is 3.42. The Morgan fingerprint density at radius 3 is 2.59 bits per heavy atom. The number of amides is 2. The molecule has 0 bridgehead atoms. The third kappa shape index (κ3) is 4.66. The number of hydrogen-bond donors (Lipinski definition) is 2. The number of para-hydroxylation sites is 2. The first-order valence-corrected chi connectivity index (χ1v) is 12.5. The van der Waals surface area contributed by atoms with E-state index in [0.717, 1.165) is 20.7 Å². The molecule has 5 rings (SSSR count). The van der Waals surface area contributed by atoms with Crippen molar-refractivity contribution in [1.29, 1.82) is 0 Å². The third-order valence-corrected chi connectivity index (χ3v) is 7.20. The van der Waals surface area contributed by atoms with Gasteiger partial charge in [0.15, 0.2) is 5.16 Å². The topological polar surface area (TPSA) is 88.4 Å². The van der Waals surface area contributed by atoms with Crippen molar-refractivity contribution in [2.45, 2.75) is 18.6 Å². The lowest BCUT2D eigenvalue weighted by atomic mass is 10.1. The zero-order valence-corrected chi connectivity index (χ0v) is 20.0. The highest BCUT2D eigenvalue weighted by molar-refractivity contribution is 7.99. The van der Waals surface area contributed by atoms with Gasteiger partial charge in [-0.25, -0.2) is 0 Å². The van der Waals surface area contributed by atoms with Crippen LogP contribution >= 0.6 is 23.1 Å². The van der Waals surface area contributed by atoms with E-state index >= 15 is 0 Å². The molecule has 0 aliphatic heterocycles. The highest BCUT2D eigenvalue weighted by Gasteiger charge is 2.16. The second-order valence-electron chi connectivity index (χ2n) is 7.72. The molecular formula is C25H21N5O2S2. The van der Waals surface area contributed by atoms with E-state index in [1.165, 1.54) is 17.3 Å². The summed E-state index contributed by atoms with van der Waals surface area (Å²) in [5.74, 6) is -0.322. The van der Waals surface area contributed by atoms with Crippen LogP contribution in [0.3, 0.4) is 0 Å². The maximum absolute atomic E-state index is 12.8. The predicted octanol–water partition coefficient (Wildman–Crippen LogP) is 4.91. The molecule has 0 radical (unpaired) electrons. The monoisotopic (exact) mass is 487 g/mol. The summed E-state index contributed by atoms with van der Waals surface area (Å²) in [5.41, 5.74) is 4.09. The molecule has 2 amide bonds. The summed E-state index contributed by atoms with van der Waals surface area (Å²) in [6, 6.07) is 23.0. The molecule has 34 heavy (non-hydrogen) atoms. The van der Waals surface area contributed by atoms with Crippen LogP contribution in [0.15, 0.2) is 78.0 Å². The zero-order chi connectivity index (χ0) is 23.5. The molecule has 0 unspecified atom stereocenters. The van der Waals surface area contributed by atoms with Gasteiger partial charge < -0.3 is 10.6 Å². The molecule has 0 atom stereocenters. The highest BCUT2D eigenvalue weighted by Crippen LogP contribution is 2.29. The number of carbonyl (C=O) groups is 2. The molecule has 2 N–H and O–H groups in total. The van der Waals surface area contributed by atoms with E-state index in [1.54, 1.807) is 35.6 Å². The van der Waals surface area contributed by atoms with Crippen LogP contribution < -0.4 is 10.6 Å². The number of thiazole rings is 1. The Labute approximate surface area is 204 Å². The minimum absolute atomic E-state index is 0.143. The third-order valence-electron chi connectivity index (χ3n) is 5.26. The van der Waals surface area contributed by atoms with Crippen LogP contribution in [0.2, 0.25) is 0 Å². The zero-order valence-electron chi connectivity index (χ0n) is 18.3. The first kappa shape index (κ1) is 22.1. The number of nitrogens with one attached hydrogen (secondary N) is 2. The molecule has 170 valence electrons. The smallest absolute Gasteiger partial charge is 0.253 e. The van der Waals surface area contributed by atoms with Gasteiger partial charge in [0.1, 0.15) is 0 Å². The van der Waals surface area contributed by atoms with Crippen molar-refractivity contribution in [3.63, 3.8) is 0 Å². The van der Waals surface area contributed by atoms with Crippen molar-refractivity contribution in [1.82, 2.24) is 19.9 Å². The molecule has 0 aliphatic rings. The number of anilines is 1.